The molecule has 2 unspecified atom stereocenters. The number of carbonyl (C=O) groups excluding carboxylic acids is 1. The van der Waals surface area contributed by atoms with Crippen molar-refractivity contribution in [2.45, 2.75) is 51.7 Å². The second kappa shape index (κ2) is 9.06. The molecule has 3 aromatic rings. The van der Waals surface area contributed by atoms with Gasteiger partial charge in [-0.25, -0.2) is 0 Å². The fourth-order valence-corrected chi connectivity index (χ4v) is 5.66. The Morgan fingerprint density at radius 1 is 1.29 bits per heavy atom. The van der Waals surface area contributed by atoms with Gasteiger partial charge in [0.2, 0.25) is 0 Å². The summed E-state index contributed by atoms with van der Waals surface area (Å²) in [7, 11) is 0. The van der Waals surface area contributed by atoms with Crippen molar-refractivity contribution >= 4 is 27.4 Å². The molecular weight excluding hydrogens is 491 g/mol. The molecule has 2 aliphatic heterocycles. The molecule has 5 rings (SSSR count). The molecule has 0 saturated carbocycles. The van der Waals surface area contributed by atoms with E-state index in [0.29, 0.717) is 6.54 Å². The van der Waals surface area contributed by atoms with Crippen LogP contribution in [0.1, 0.15) is 49.7 Å². The summed E-state index contributed by atoms with van der Waals surface area (Å²) in [6, 6.07) is 8.24. The summed E-state index contributed by atoms with van der Waals surface area (Å²) in [6.07, 6.45) is 5.49. The van der Waals surface area contributed by atoms with E-state index >= 15 is 0 Å². The topological polar surface area (TPSA) is 85.2 Å². The number of likely N-dealkylation sites (tertiary alicyclic amines) is 1. The summed E-state index contributed by atoms with van der Waals surface area (Å²) in [5, 5.41) is 7.83. The van der Waals surface area contributed by atoms with Crippen molar-refractivity contribution in [2.75, 3.05) is 19.6 Å². The van der Waals surface area contributed by atoms with Gasteiger partial charge < -0.3 is 0 Å². The van der Waals surface area contributed by atoms with Gasteiger partial charge in [0, 0.05) is 6.54 Å². The third-order valence-electron chi connectivity index (χ3n) is 7.01. The molecule has 5 heterocycles. The number of carbonyl (C=O) groups is 1. The van der Waals surface area contributed by atoms with Crippen molar-refractivity contribution < 1.29 is 9.53 Å². The van der Waals surface area contributed by atoms with Crippen molar-refractivity contribution in [1.29, 1.82) is 0 Å². The van der Waals surface area contributed by atoms with Crippen LogP contribution in [0.2, 0.25) is 0 Å². The molecular formula is C25H31AsN6O2. The Morgan fingerprint density at radius 2 is 2.12 bits per heavy atom. The Balaban J connectivity index is 1.39. The Labute approximate surface area is 208 Å². The quantitative estimate of drug-likeness (QED) is 0.519. The second-order valence-corrected chi connectivity index (χ2v) is 10.4. The monoisotopic (exact) mass is 522 g/mol. The molecule has 34 heavy (non-hydrogen) atoms. The Kier molecular flexibility index (Phi) is 6.11. The van der Waals surface area contributed by atoms with E-state index in [1.165, 1.54) is 22.5 Å². The molecule has 0 radical (unpaired) electrons. The number of aromatic nitrogens is 4. The number of nitrogens with one attached hydrogen (secondary N) is 1. The van der Waals surface area contributed by atoms with E-state index in [9.17, 15) is 4.79 Å². The van der Waals surface area contributed by atoms with E-state index in [1.807, 2.05) is 50.1 Å². The Hall–Kier alpha value is -2.86. The van der Waals surface area contributed by atoms with Crippen molar-refractivity contribution in [1.82, 2.24) is 30.0 Å². The van der Waals surface area contributed by atoms with Crippen LogP contribution in [-0.4, -0.2) is 67.2 Å². The first-order valence-corrected chi connectivity index (χ1v) is 13.1. The van der Waals surface area contributed by atoms with Crippen LogP contribution in [0.5, 0.6) is 5.75 Å². The van der Waals surface area contributed by atoms with Crippen molar-refractivity contribution in [3.8, 4) is 17.0 Å². The Bertz CT molecular complexity index is 1230. The first-order chi connectivity index (χ1) is 16.4. The zero-order valence-electron chi connectivity index (χ0n) is 19.9. The number of urea groups is 1. The number of nitrogens with zero attached hydrogens (tertiary/aromatic N) is 5. The summed E-state index contributed by atoms with van der Waals surface area (Å²) in [5.41, 5.74) is 5.09. The van der Waals surface area contributed by atoms with E-state index in [-0.39, 0.29) is 17.6 Å². The van der Waals surface area contributed by atoms with Crippen LogP contribution >= 0.6 is 0 Å². The van der Waals surface area contributed by atoms with Gasteiger partial charge in [-0.3, -0.25) is 0 Å². The normalized spacial score (nSPS) is 19.9. The third kappa shape index (κ3) is 4.09. The number of aryl methyl sites for hydroxylation is 2. The molecule has 0 bridgehead atoms. The number of hydrogen-bond acceptors (Lipinski definition) is 5. The molecule has 1 N–H and O–H groups in total. The summed E-state index contributed by atoms with van der Waals surface area (Å²) < 4.78 is 9.32. The molecule has 2 amide bonds. The predicted molar refractivity (Wildman–Crippen MR) is 133 cm³/mol. The van der Waals surface area contributed by atoms with E-state index in [4.69, 9.17) is 9.84 Å². The summed E-state index contributed by atoms with van der Waals surface area (Å²) >= 11 is 1.43. The average Bonchev–Trinajstić information content (AvgIpc) is 3.53. The molecule has 8 nitrogen and oxygen atoms in total. The van der Waals surface area contributed by atoms with Crippen LogP contribution in [-0.2, 0) is 12.0 Å². The van der Waals surface area contributed by atoms with Crippen LogP contribution in [0.15, 0.2) is 36.7 Å². The summed E-state index contributed by atoms with van der Waals surface area (Å²) in [6.45, 7) is 9.07. The van der Waals surface area contributed by atoms with Gasteiger partial charge in [-0.15, -0.1) is 0 Å². The number of rotatable bonds is 5. The SMILES string of the molecule is CCNC(=O)N1CC[C@@]2(CCn3nc(-c4cnc([AsH2])c(OC(C)c5ncccc5C)c4)cc32)C1. The van der Waals surface area contributed by atoms with Gasteiger partial charge in [-0.2, -0.15) is 0 Å². The van der Waals surface area contributed by atoms with Crippen LogP contribution in [0.4, 0.5) is 4.79 Å². The number of fused-ring (bicyclic) bond motifs is 2. The van der Waals surface area contributed by atoms with Crippen molar-refractivity contribution in [3.63, 3.8) is 0 Å². The van der Waals surface area contributed by atoms with Crippen molar-refractivity contribution in [3.05, 3.63) is 53.6 Å². The zero-order chi connectivity index (χ0) is 23.9. The maximum absolute atomic E-state index is 12.4. The molecule has 0 aliphatic carbocycles. The number of hydrogen-bond donors (Lipinski definition) is 1. The number of amides is 2. The van der Waals surface area contributed by atoms with E-state index in [0.717, 1.165) is 65.2 Å². The zero-order valence-corrected chi connectivity index (χ0v) is 22.3. The summed E-state index contributed by atoms with van der Waals surface area (Å²) in [5.74, 6) is 0.765. The van der Waals surface area contributed by atoms with Gasteiger partial charge in [0.15, 0.2) is 0 Å². The molecule has 0 aromatic carbocycles. The molecule has 2 aliphatic rings. The van der Waals surface area contributed by atoms with Crippen molar-refractivity contribution in [2.24, 2.45) is 0 Å². The van der Waals surface area contributed by atoms with E-state index < -0.39 is 0 Å². The van der Waals surface area contributed by atoms with E-state index in [1.54, 1.807) is 6.20 Å². The minimum absolute atomic E-state index is 0.0120. The second-order valence-electron chi connectivity index (χ2n) is 9.25. The van der Waals surface area contributed by atoms with Gasteiger partial charge >= 0.3 is 195 Å². The van der Waals surface area contributed by atoms with Gasteiger partial charge in [0.05, 0.1) is 0 Å². The first-order valence-electron chi connectivity index (χ1n) is 11.9. The fraction of sp³-hybridized carbons (Fsp3) is 0.440. The van der Waals surface area contributed by atoms with Gasteiger partial charge in [-0.05, 0) is 6.92 Å². The predicted octanol–water partition coefficient (Wildman–Crippen LogP) is 2.12. The summed E-state index contributed by atoms with van der Waals surface area (Å²) in [4.78, 5) is 23.4. The number of pyridine rings is 2. The first kappa shape index (κ1) is 22.9. The molecule has 3 atom stereocenters. The molecule has 3 aromatic heterocycles. The molecule has 1 fully saturated rings. The number of ether oxygens (including phenoxy) is 1. The van der Waals surface area contributed by atoms with Gasteiger partial charge in [0.1, 0.15) is 0 Å². The van der Waals surface area contributed by atoms with Crippen LogP contribution in [0.25, 0.3) is 11.3 Å². The minimum atomic E-state index is -0.179. The van der Waals surface area contributed by atoms with Gasteiger partial charge in [-0.1, -0.05) is 0 Å². The molecule has 1 saturated heterocycles. The fourth-order valence-electron chi connectivity index (χ4n) is 5.18. The van der Waals surface area contributed by atoms with Crippen LogP contribution in [0.3, 0.4) is 0 Å². The maximum atomic E-state index is 12.4. The molecule has 9 heteroatoms. The van der Waals surface area contributed by atoms with Crippen LogP contribution in [0, 0.1) is 6.92 Å². The third-order valence-corrected chi connectivity index (χ3v) is 7.92. The van der Waals surface area contributed by atoms with Gasteiger partial charge in [0.25, 0.3) is 0 Å². The molecule has 178 valence electrons. The standard InChI is InChI=1S/C25H31AsN6O2/c1-4-27-24(33)31-10-7-25(15-31)8-11-32-21(25)13-19(30-32)18-12-20(23(26)29-14-18)34-17(3)22-16(2)6-5-9-28-22/h5-6,9,12-14,17H,4,7-8,10-11,15,26H2,1-3H3,(H,27,33)/t17?,25-/m1/s1. The van der Waals surface area contributed by atoms with Crippen LogP contribution < -0.4 is 14.5 Å². The molecule has 1 spiro atoms. The average molecular weight is 522 g/mol. The Morgan fingerprint density at radius 3 is 2.91 bits per heavy atom. The van der Waals surface area contributed by atoms with E-state index in [2.05, 4.69) is 26.0 Å².